The van der Waals surface area contributed by atoms with E-state index in [4.69, 9.17) is 0 Å². The second-order valence-corrected chi connectivity index (χ2v) is 3.58. The first-order valence-corrected chi connectivity index (χ1v) is 5.39. The number of alkyl halides is 1. The molecule has 0 radical (unpaired) electrons. The number of amides is 1. The van der Waals surface area contributed by atoms with Crippen molar-refractivity contribution in [3.63, 3.8) is 0 Å². The zero-order valence-electron chi connectivity index (χ0n) is 7.13. The van der Waals surface area contributed by atoms with Crippen LogP contribution >= 0.6 is 15.9 Å². The number of rotatable bonds is 2. The summed E-state index contributed by atoms with van der Waals surface area (Å²) in [6.45, 7) is 4.63. The third-order valence-electron chi connectivity index (χ3n) is 2.26. The SMILES string of the molecule is C=CC1CCCCN1C(=O)CBr. The van der Waals surface area contributed by atoms with Gasteiger partial charge in [-0.25, -0.2) is 0 Å². The van der Waals surface area contributed by atoms with E-state index < -0.39 is 0 Å². The number of carbonyl (C=O) groups excluding carboxylic acids is 1. The molecule has 0 saturated carbocycles. The van der Waals surface area contributed by atoms with Gasteiger partial charge in [-0.05, 0) is 19.3 Å². The van der Waals surface area contributed by atoms with E-state index in [1.807, 2.05) is 11.0 Å². The maximum atomic E-state index is 11.4. The molecule has 2 nitrogen and oxygen atoms in total. The van der Waals surface area contributed by atoms with Crippen molar-refractivity contribution in [1.82, 2.24) is 4.90 Å². The number of carbonyl (C=O) groups is 1. The molecule has 1 fully saturated rings. The highest BCUT2D eigenvalue weighted by atomic mass is 79.9. The van der Waals surface area contributed by atoms with E-state index in [1.165, 1.54) is 6.42 Å². The lowest BCUT2D eigenvalue weighted by molar-refractivity contribution is -0.130. The summed E-state index contributed by atoms with van der Waals surface area (Å²) in [7, 11) is 0. The predicted molar refractivity (Wildman–Crippen MR) is 53.3 cm³/mol. The van der Waals surface area contributed by atoms with Gasteiger partial charge in [-0.2, -0.15) is 0 Å². The molecule has 1 aliphatic rings. The Hall–Kier alpha value is -0.310. The van der Waals surface area contributed by atoms with Crippen LogP contribution in [0.2, 0.25) is 0 Å². The molecule has 1 aliphatic heterocycles. The number of halogens is 1. The molecule has 1 atom stereocenters. The Bertz CT molecular complexity index is 181. The highest BCUT2D eigenvalue weighted by molar-refractivity contribution is 9.09. The van der Waals surface area contributed by atoms with Gasteiger partial charge in [0.15, 0.2) is 0 Å². The summed E-state index contributed by atoms with van der Waals surface area (Å²) in [6, 6.07) is 0.267. The first-order valence-electron chi connectivity index (χ1n) is 4.27. The van der Waals surface area contributed by atoms with Crippen molar-refractivity contribution in [2.45, 2.75) is 25.3 Å². The van der Waals surface area contributed by atoms with Gasteiger partial charge < -0.3 is 4.90 Å². The van der Waals surface area contributed by atoms with Crippen LogP contribution in [0.3, 0.4) is 0 Å². The highest BCUT2D eigenvalue weighted by Crippen LogP contribution is 2.17. The molecule has 1 saturated heterocycles. The molecule has 12 heavy (non-hydrogen) atoms. The zero-order chi connectivity index (χ0) is 8.97. The normalized spacial score (nSPS) is 23.8. The van der Waals surface area contributed by atoms with Crippen molar-refractivity contribution in [2.75, 3.05) is 11.9 Å². The van der Waals surface area contributed by atoms with Crippen molar-refractivity contribution in [2.24, 2.45) is 0 Å². The Kier molecular flexibility index (Phi) is 3.79. The molecule has 1 heterocycles. The molecule has 0 N–H and O–H groups in total. The van der Waals surface area contributed by atoms with Crippen LogP contribution in [0, 0.1) is 0 Å². The molecule has 0 aliphatic carbocycles. The fourth-order valence-electron chi connectivity index (χ4n) is 1.59. The number of piperidine rings is 1. The molecule has 0 aromatic rings. The molecule has 1 unspecified atom stereocenters. The van der Waals surface area contributed by atoms with E-state index in [-0.39, 0.29) is 11.9 Å². The molecule has 1 amide bonds. The minimum atomic E-state index is 0.180. The van der Waals surface area contributed by atoms with Crippen LogP contribution in [-0.2, 0) is 4.79 Å². The Morgan fingerprint density at radius 3 is 3.00 bits per heavy atom. The van der Waals surface area contributed by atoms with E-state index >= 15 is 0 Å². The smallest absolute Gasteiger partial charge is 0.233 e. The molecular weight excluding hydrogens is 218 g/mol. The van der Waals surface area contributed by atoms with Crippen molar-refractivity contribution in [1.29, 1.82) is 0 Å². The Labute approximate surface area is 81.8 Å². The summed E-state index contributed by atoms with van der Waals surface area (Å²) in [5.74, 6) is 0.180. The quantitative estimate of drug-likeness (QED) is 0.526. The van der Waals surface area contributed by atoms with E-state index in [0.717, 1.165) is 19.4 Å². The van der Waals surface area contributed by atoms with Gasteiger partial charge >= 0.3 is 0 Å². The first-order chi connectivity index (χ1) is 5.79. The highest BCUT2D eigenvalue weighted by Gasteiger charge is 2.22. The van der Waals surface area contributed by atoms with Crippen molar-refractivity contribution in [3.8, 4) is 0 Å². The lowest BCUT2D eigenvalue weighted by atomic mass is 10.0. The van der Waals surface area contributed by atoms with E-state index in [2.05, 4.69) is 22.5 Å². The summed E-state index contributed by atoms with van der Waals surface area (Å²) in [6.07, 6.45) is 5.29. The molecular formula is C9H14BrNO. The third kappa shape index (κ3) is 2.09. The minimum absolute atomic E-state index is 0.180. The first kappa shape index (κ1) is 9.78. The summed E-state index contributed by atoms with van der Waals surface area (Å²) in [5, 5.41) is 0.428. The van der Waals surface area contributed by atoms with Crippen LogP contribution in [0.1, 0.15) is 19.3 Å². The van der Waals surface area contributed by atoms with Gasteiger partial charge in [-0.1, -0.05) is 22.0 Å². The van der Waals surface area contributed by atoms with Crippen molar-refractivity contribution in [3.05, 3.63) is 12.7 Å². The summed E-state index contributed by atoms with van der Waals surface area (Å²) < 4.78 is 0. The van der Waals surface area contributed by atoms with Crippen molar-refractivity contribution >= 4 is 21.8 Å². The van der Waals surface area contributed by atoms with Crippen molar-refractivity contribution < 1.29 is 4.79 Å². The van der Waals surface area contributed by atoms with Gasteiger partial charge in [-0.3, -0.25) is 4.79 Å². The van der Waals surface area contributed by atoms with E-state index in [0.29, 0.717) is 5.33 Å². The van der Waals surface area contributed by atoms with Crippen LogP contribution in [0.5, 0.6) is 0 Å². The van der Waals surface area contributed by atoms with Gasteiger partial charge in [0.2, 0.25) is 5.91 Å². The molecule has 0 aromatic carbocycles. The Morgan fingerprint density at radius 1 is 1.67 bits per heavy atom. The van der Waals surface area contributed by atoms with Crippen LogP contribution in [0.4, 0.5) is 0 Å². The van der Waals surface area contributed by atoms with Crippen LogP contribution in [0.15, 0.2) is 12.7 Å². The van der Waals surface area contributed by atoms with Crippen LogP contribution < -0.4 is 0 Å². The van der Waals surface area contributed by atoms with Gasteiger partial charge in [0.05, 0.1) is 5.33 Å². The monoisotopic (exact) mass is 231 g/mol. The predicted octanol–water partition coefficient (Wildman–Crippen LogP) is 1.95. The van der Waals surface area contributed by atoms with Crippen LogP contribution in [0.25, 0.3) is 0 Å². The Balaban J connectivity index is 2.58. The summed E-state index contributed by atoms with van der Waals surface area (Å²) in [4.78, 5) is 13.3. The average molecular weight is 232 g/mol. The van der Waals surface area contributed by atoms with Gasteiger partial charge in [0, 0.05) is 12.6 Å². The van der Waals surface area contributed by atoms with Gasteiger partial charge in [0.1, 0.15) is 0 Å². The van der Waals surface area contributed by atoms with E-state index in [9.17, 15) is 4.79 Å². The summed E-state index contributed by atoms with van der Waals surface area (Å²) in [5.41, 5.74) is 0. The number of nitrogens with zero attached hydrogens (tertiary/aromatic N) is 1. The fraction of sp³-hybridized carbons (Fsp3) is 0.667. The maximum Gasteiger partial charge on any atom is 0.233 e. The number of hydrogen-bond acceptors (Lipinski definition) is 1. The number of hydrogen-bond donors (Lipinski definition) is 0. The molecule has 68 valence electrons. The fourth-order valence-corrected chi connectivity index (χ4v) is 1.91. The standard InChI is InChI=1S/C9H14BrNO/c1-2-8-5-3-4-6-11(8)9(12)7-10/h2,8H,1,3-7H2. The second kappa shape index (κ2) is 4.65. The Morgan fingerprint density at radius 2 is 2.42 bits per heavy atom. The van der Waals surface area contributed by atoms with Gasteiger partial charge in [-0.15, -0.1) is 6.58 Å². The third-order valence-corrected chi connectivity index (χ3v) is 2.74. The molecule has 1 rings (SSSR count). The lowest BCUT2D eigenvalue weighted by Gasteiger charge is -2.33. The molecule has 0 bridgehead atoms. The van der Waals surface area contributed by atoms with E-state index in [1.54, 1.807) is 0 Å². The topological polar surface area (TPSA) is 20.3 Å². The second-order valence-electron chi connectivity index (χ2n) is 3.02. The zero-order valence-corrected chi connectivity index (χ0v) is 8.72. The number of likely N-dealkylation sites (tertiary alicyclic amines) is 1. The van der Waals surface area contributed by atoms with Gasteiger partial charge in [0.25, 0.3) is 0 Å². The average Bonchev–Trinajstić information content (AvgIpc) is 2.16. The lowest BCUT2D eigenvalue weighted by Crippen LogP contribution is -2.43. The maximum absolute atomic E-state index is 11.4. The minimum Gasteiger partial charge on any atom is -0.336 e. The molecule has 3 heteroatoms. The molecule has 0 spiro atoms. The summed E-state index contributed by atoms with van der Waals surface area (Å²) >= 11 is 3.18. The molecule has 0 aromatic heterocycles. The van der Waals surface area contributed by atoms with Crippen LogP contribution in [-0.4, -0.2) is 28.7 Å². The largest absolute Gasteiger partial charge is 0.336 e.